The van der Waals surface area contributed by atoms with Gasteiger partial charge in [0.25, 0.3) is 5.69 Å². The number of hydrogen-bond donors (Lipinski definition) is 2. The number of nitrogens with two attached hydrogens (primary N) is 1. The third-order valence-electron chi connectivity index (χ3n) is 3.21. The molecule has 0 saturated carbocycles. The number of nitrogens with one attached hydrogen (secondary N) is 1. The molecule has 2 aromatic rings. The van der Waals surface area contributed by atoms with Crippen LogP contribution in [0.3, 0.4) is 0 Å². The molecule has 2 amide bonds. The number of rotatable bonds is 6. The lowest BCUT2D eigenvalue weighted by Crippen LogP contribution is -2.47. The fraction of sp³-hybridized carbons (Fsp3) is 0.312. The molecule has 1 heterocycles. The minimum absolute atomic E-state index is 0.0464. The summed E-state index contributed by atoms with van der Waals surface area (Å²) in [5.41, 5.74) is 4.90. The summed E-state index contributed by atoms with van der Waals surface area (Å²) in [5, 5.41) is 13.2. The maximum absolute atomic E-state index is 13.9. The second-order valence-electron chi connectivity index (χ2n) is 6.49. The molecule has 0 fully saturated rings. The number of ether oxygens (including phenoxy) is 1. The van der Waals surface area contributed by atoms with Crippen molar-refractivity contribution >= 4 is 17.5 Å². The summed E-state index contributed by atoms with van der Waals surface area (Å²) in [6, 6.07) is 3.80. The first kappa shape index (κ1) is 20.0. The number of nitro benzene ring substituents is 1. The number of urea groups is 1. The van der Waals surface area contributed by atoms with Crippen LogP contribution in [-0.4, -0.2) is 45.0 Å². The minimum Gasteiger partial charge on any atom is -0.436 e. The number of halogens is 1. The van der Waals surface area contributed by atoms with Crippen molar-refractivity contribution in [2.24, 2.45) is 5.73 Å². The van der Waals surface area contributed by atoms with Crippen molar-refractivity contribution < 1.29 is 18.8 Å². The van der Waals surface area contributed by atoms with Crippen LogP contribution >= 0.6 is 0 Å². The molecule has 1 aromatic heterocycles. The van der Waals surface area contributed by atoms with Crippen molar-refractivity contribution in [3.63, 3.8) is 0 Å². The van der Waals surface area contributed by atoms with Gasteiger partial charge in [0, 0.05) is 31.3 Å². The quantitative estimate of drug-likeness (QED) is 0.582. The lowest BCUT2D eigenvalue weighted by atomic mass is 10.1. The minimum atomic E-state index is -0.918. The van der Waals surface area contributed by atoms with E-state index in [4.69, 9.17) is 10.5 Å². The molecule has 2 rings (SSSR count). The van der Waals surface area contributed by atoms with E-state index in [0.717, 1.165) is 24.5 Å². The monoisotopic (exact) mass is 378 g/mol. The number of non-ortho nitro benzene ring substituents is 1. The predicted molar refractivity (Wildman–Crippen MR) is 95.1 cm³/mol. The molecule has 0 aliphatic carbocycles. The van der Waals surface area contributed by atoms with Crippen LogP contribution in [0.2, 0.25) is 0 Å². The highest BCUT2D eigenvalue weighted by Crippen LogP contribution is 2.27. The van der Waals surface area contributed by atoms with Crippen molar-refractivity contribution in [2.75, 3.05) is 18.9 Å². The topological polar surface area (TPSA) is 137 Å². The normalized spacial score (nSPS) is 11.0. The van der Waals surface area contributed by atoms with Crippen molar-refractivity contribution in [1.29, 1.82) is 0 Å². The maximum atomic E-state index is 13.9. The first-order valence-corrected chi connectivity index (χ1v) is 7.80. The van der Waals surface area contributed by atoms with Crippen LogP contribution in [0.5, 0.6) is 11.6 Å². The number of carbonyl (C=O) groups is 1. The van der Waals surface area contributed by atoms with Crippen molar-refractivity contribution in [3.05, 3.63) is 46.5 Å². The first-order chi connectivity index (χ1) is 12.5. The molecule has 0 unspecified atom stereocenters. The summed E-state index contributed by atoms with van der Waals surface area (Å²) in [4.78, 5) is 31.2. The van der Waals surface area contributed by atoms with Gasteiger partial charge in [0.2, 0.25) is 5.88 Å². The van der Waals surface area contributed by atoms with Gasteiger partial charge < -0.3 is 15.4 Å². The van der Waals surface area contributed by atoms with Crippen LogP contribution in [0.25, 0.3) is 0 Å². The molecule has 11 heteroatoms. The van der Waals surface area contributed by atoms with E-state index < -0.39 is 28.0 Å². The highest BCUT2D eigenvalue weighted by molar-refractivity contribution is 5.88. The molecule has 3 N–H and O–H groups in total. The zero-order chi connectivity index (χ0) is 20.2. The molecular formula is C16H19FN6O4. The van der Waals surface area contributed by atoms with Crippen LogP contribution in [0.1, 0.15) is 13.8 Å². The number of hydrogen-bond acceptors (Lipinski definition) is 7. The Labute approximate surface area is 154 Å². The Bertz CT molecular complexity index is 855. The van der Waals surface area contributed by atoms with E-state index >= 15 is 0 Å². The van der Waals surface area contributed by atoms with Gasteiger partial charge in [-0.25, -0.2) is 19.2 Å². The fourth-order valence-electron chi connectivity index (χ4n) is 2.15. The fourth-order valence-corrected chi connectivity index (χ4v) is 2.15. The van der Waals surface area contributed by atoms with Crippen molar-refractivity contribution in [1.82, 2.24) is 14.9 Å². The summed E-state index contributed by atoms with van der Waals surface area (Å²) >= 11 is 0. The van der Waals surface area contributed by atoms with E-state index in [9.17, 15) is 19.3 Å². The lowest BCUT2D eigenvalue weighted by Gasteiger charge is -2.26. The van der Waals surface area contributed by atoms with Gasteiger partial charge in [0.05, 0.1) is 11.0 Å². The summed E-state index contributed by atoms with van der Waals surface area (Å²) in [7, 11) is 1.58. The SMILES string of the molecule is CN(CC(C)(C)N)C(=O)Nc1cc(Oc2ccc([N+](=O)[O-])cc2F)ncn1. The summed E-state index contributed by atoms with van der Waals surface area (Å²) in [5.74, 6) is -1.08. The molecule has 0 radical (unpaired) electrons. The zero-order valence-corrected chi connectivity index (χ0v) is 15.0. The van der Waals surface area contributed by atoms with E-state index in [1.807, 2.05) is 0 Å². The Morgan fingerprint density at radius 3 is 2.70 bits per heavy atom. The Morgan fingerprint density at radius 2 is 2.11 bits per heavy atom. The van der Waals surface area contributed by atoms with Gasteiger partial charge in [-0.1, -0.05) is 0 Å². The van der Waals surface area contributed by atoms with Crippen LogP contribution < -0.4 is 15.8 Å². The number of amides is 2. The van der Waals surface area contributed by atoms with Gasteiger partial charge in [0.15, 0.2) is 11.6 Å². The molecule has 0 aliphatic heterocycles. The molecule has 0 bridgehead atoms. The highest BCUT2D eigenvalue weighted by atomic mass is 19.1. The number of benzene rings is 1. The Hall–Kier alpha value is -3.34. The van der Waals surface area contributed by atoms with Crippen LogP contribution in [0, 0.1) is 15.9 Å². The zero-order valence-electron chi connectivity index (χ0n) is 15.0. The van der Waals surface area contributed by atoms with E-state index in [1.165, 1.54) is 11.0 Å². The molecule has 0 atom stereocenters. The first-order valence-electron chi connectivity index (χ1n) is 7.80. The molecule has 144 valence electrons. The van der Waals surface area contributed by atoms with E-state index in [2.05, 4.69) is 15.3 Å². The number of aromatic nitrogens is 2. The van der Waals surface area contributed by atoms with Gasteiger partial charge in [0.1, 0.15) is 12.1 Å². The second-order valence-corrected chi connectivity index (χ2v) is 6.49. The van der Waals surface area contributed by atoms with E-state index in [-0.39, 0.29) is 17.4 Å². The van der Waals surface area contributed by atoms with Gasteiger partial charge in [-0.05, 0) is 19.9 Å². The average Bonchev–Trinajstić information content (AvgIpc) is 2.55. The molecule has 10 nitrogen and oxygen atoms in total. The van der Waals surface area contributed by atoms with Crippen LogP contribution in [-0.2, 0) is 0 Å². The Balaban J connectivity index is 2.09. The molecule has 27 heavy (non-hydrogen) atoms. The van der Waals surface area contributed by atoms with E-state index in [1.54, 1.807) is 20.9 Å². The van der Waals surface area contributed by atoms with Crippen LogP contribution in [0.15, 0.2) is 30.6 Å². The standard InChI is InChI=1S/C16H19FN6O4/c1-16(2,18)8-22(3)15(24)21-13-7-14(20-9-19-13)27-12-5-4-10(23(25)26)6-11(12)17/h4-7,9H,8,18H2,1-3H3,(H,19,20,21,24). The molecule has 1 aromatic carbocycles. The summed E-state index contributed by atoms with van der Waals surface area (Å²) in [6.07, 6.45) is 1.13. The molecule has 0 saturated heterocycles. The lowest BCUT2D eigenvalue weighted by molar-refractivity contribution is -0.385. The largest absolute Gasteiger partial charge is 0.436 e. The number of nitro groups is 1. The predicted octanol–water partition coefficient (Wildman–Crippen LogP) is 2.52. The third kappa shape index (κ3) is 5.85. The smallest absolute Gasteiger partial charge is 0.322 e. The van der Waals surface area contributed by atoms with E-state index in [0.29, 0.717) is 6.54 Å². The van der Waals surface area contributed by atoms with Gasteiger partial charge in [-0.15, -0.1) is 0 Å². The number of likely N-dealkylation sites (N-methyl/N-ethyl adjacent to an activating group) is 1. The third-order valence-corrected chi connectivity index (χ3v) is 3.21. The molecular weight excluding hydrogens is 359 g/mol. The van der Waals surface area contributed by atoms with Gasteiger partial charge in [-0.3, -0.25) is 15.4 Å². The van der Waals surface area contributed by atoms with Crippen molar-refractivity contribution in [2.45, 2.75) is 19.4 Å². The molecule has 0 aliphatic rings. The highest BCUT2D eigenvalue weighted by Gasteiger charge is 2.19. The summed E-state index contributed by atoms with van der Waals surface area (Å²) in [6.45, 7) is 3.87. The van der Waals surface area contributed by atoms with Crippen molar-refractivity contribution in [3.8, 4) is 11.6 Å². The number of nitrogens with zero attached hydrogens (tertiary/aromatic N) is 4. The Morgan fingerprint density at radius 1 is 1.41 bits per heavy atom. The number of carbonyl (C=O) groups excluding carboxylic acids is 1. The summed E-state index contributed by atoms with van der Waals surface area (Å²) < 4.78 is 19.2. The van der Waals surface area contributed by atoms with Gasteiger partial charge in [-0.2, -0.15) is 0 Å². The average molecular weight is 378 g/mol. The Kier molecular flexibility index (Phi) is 5.85. The van der Waals surface area contributed by atoms with Gasteiger partial charge >= 0.3 is 6.03 Å². The molecule has 0 spiro atoms. The number of anilines is 1. The maximum Gasteiger partial charge on any atom is 0.322 e. The second kappa shape index (κ2) is 7.91. The van der Waals surface area contributed by atoms with Crippen LogP contribution in [0.4, 0.5) is 20.7 Å².